The van der Waals surface area contributed by atoms with Crippen molar-refractivity contribution in [2.45, 2.75) is 52.5 Å². The number of hydrogen-bond donors (Lipinski definition) is 2. The van der Waals surface area contributed by atoms with Crippen LogP contribution in [0.4, 0.5) is 0 Å². The van der Waals surface area contributed by atoms with Gasteiger partial charge in [-0.25, -0.2) is 0 Å². The van der Waals surface area contributed by atoms with Gasteiger partial charge in [0, 0.05) is 26.1 Å². The van der Waals surface area contributed by atoms with Crippen molar-refractivity contribution in [1.82, 2.24) is 10.2 Å². The second-order valence-electron chi connectivity index (χ2n) is 6.78. The summed E-state index contributed by atoms with van der Waals surface area (Å²) in [7, 11) is 1.91. The lowest BCUT2D eigenvalue weighted by atomic mass is 9.84. The van der Waals surface area contributed by atoms with E-state index < -0.39 is 0 Å². The van der Waals surface area contributed by atoms with Gasteiger partial charge in [0.05, 0.1) is 0 Å². The normalized spacial score (nSPS) is 19.9. The van der Waals surface area contributed by atoms with Crippen LogP contribution in [0.15, 0.2) is 0 Å². The molecule has 3 N–H and O–H groups in total. The van der Waals surface area contributed by atoms with Crippen molar-refractivity contribution in [2.24, 2.45) is 23.5 Å². The Kier molecular flexibility index (Phi) is 7.52. The minimum absolute atomic E-state index is 0.187. The molecular weight excluding hydrogens is 250 g/mol. The molecule has 1 heterocycles. The number of carbonyl (C=O) groups is 1. The molecule has 1 rings (SSSR count). The number of nitrogens with two attached hydrogens (primary N) is 1. The molecule has 118 valence electrons. The van der Waals surface area contributed by atoms with Gasteiger partial charge in [-0.15, -0.1) is 0 Å². The standard InChI is InChI=1S/C16H33N3O/c1-12(2)15(17)7-10-19(4)16(20)11-13(3)14-5-8-18-9-6-14/h12-15,18H,5-11,17H2,1-4H3. The Morgan fingerprint density at radius 2 is 1.90 bits per heavy atom. The third kappa shape index (κ3) is 5.80. The van der Waals surface area contributed by atoms with Crippen LogP contribution in [0.3, 0.4) is 0 Å². The van der Waals surface area contributed by atoms with Gasteiger partial charge in [-0.3, -0.25) is 4.79 Å². The fraction of sp³-hybridized carbons (Fsp3) is 0.938. The highest BCUT2D eigenvalue weighted by Gasteiger charge is 2.23. The zero-order valence-electron chi connectivity index (χ0n) is 13.7. The third-order valence-corrected chi connectivity index (χ3v) is 4.77. The fourth-order valence-electron chi connectivity index (χ4n) is 2.81. The Hall–Kier alpha value is -0.610. The average molecular weight is 283 g/mol. The lowest BCUT2D eigenvalue weighted by Gasteiger charge is -2.29. The van der Waals surface area contributed by atoms with E-state index in [1.54, 1.807) is 0 Å². The van der Waals surface area contributed by atoms with Gasteiger partial charge < -0.3 is 16.0 Å². The molecule has 0 radical (unpaired) electrons. The Labute approximate surface area is 124 Å². The first-order valence-electron chi connectivity index (χ1n) is 8.12. The molecular formula is C16H33N3O. The van der Waals surface area contributed by atoms with Gasteiger partial charge in [0.1, 0.15) is 0 Å². The van der Waals surface area contributed by atoms with Crippen LogP contribution in [0.5, 0.6) is 0 Å². The number of hydrogen-bond acceptors (Lipinski definition) is 3. The van der Waals surface area contributed by atoms with Crippen molar-refractivity contribution in [3.63, 3.8) is 0 Å². The molecule has 1 amide bonds. The van der Waals surface area contributed by atoms with Gasteiger partial charge in [0.15, 0.2) is 0 Å². The number of nitrogens with one attached hydrogen (secondary N) is 1. The smallest absolute Gasteiger partial charge is 0.222 e. The van der Waals surface area contributed by atoms with Crippen LogP contribution in [-0.4, -0.2) is 43.5 Å². The van der Waals surface area contributed by atoms with Crippen LogP contribution in [0, 0.1) is 17.8 Å². The molecule has 0 bridgehead atoms. The monoisotopic (exact) mass is 283 g/mol. The van der Waals surface area contributed by atoms with Crippen molar-refractivity contribution in [3.05, 3.63) is 0 Å². The molecule has 4 heteroatoms. The molecule has 0 aliphatic carbocycles. The van der Waals surface area contributed by atoms with Crippen molar-refractivity contribution in [3.8, 4) is 0 Å². The molecule has 2 atom stereocenters. The maximum Gasteiger partial charge on any atom is 0.222 e. The van der Waals surface area contributed by atoms with Crippen molar-refractivity contribution in [2.75, 3.05) is 26.7 Å². The topological polar surface area (TPSA) is 58.4 Å². The zero-order valence-corrected chi connectivity index (χ0v) is 13.7. The molecule has 0 spiro atoms. The van der Waals surface area contributed by atoms with Crippen LogP contribution in [0.2, 0.25) is 0 Å². The highest BCUT2D eigenvalue weighted by atomic mass is 16.2. The van der Waals surface area contributed by atoms with E-state index >= 15 is 0 Å². The second kappa shape index (κ2) is 8.63. The van der Waals surface area contributed by atoms with Crippen LogP contribution >= 0.6 is 0 Å². The largest absolute Gasteiger partial charge is 0.346 e. The zero-order chi connectivity index (χ0) is 15.1. The summed E-state index contributed by atoms with van der Waals surface area (Å²) >= 11 is 0. The summed E-state index contributed by atoms with van der Waals surface area (Å²) in [5, 5.41) is 3.38. The fourth-order valence-corrected chi connectivity index (χ4v) is 2.81. The summed E-state index contributed by atoms with van der Waals surface area (Å²) in [6.07, 6.45) is 3.98. The Bertz CT molecular complexity index is 287. The van der Waals surface area contributed by atoms with Crippen molar-refractivity contribution < 1.29 is 4.79 Å². The van der Waals surface area contributed by atoms with Gasteiger partial charge in [-0.2, -0.15) is 0 Å². The Morgan fingerprint density at radius 1 is 1.30 bits per heavy atom. The SMILES string of the molecule is CC(C)C(N)CCN(C)C(=O)CC(C)C1CCNCC1. The van der Waals surface area contributed by atoms with Crippen LogP contribution < -0.4 is 11.1 Å². The maximum absolute atomic E-state index is 12.2. The summed E-state index contributed by atoms with van der Waals surface area (Å²) in [6.45, 7) is 9.46. The lowest BCUT2D eigenvalue weighted by Crippen LogP contribution is -2.36. The molecule has 1 fully saturated rings. The van der Waals surface area contributed by atoms with E-state index in [0.717, 1.165) is 26.1 Å². The lowest BCUT2D eigenvalue weighted by molar-refractivity contribution is -0.131. The van der Waals surface area contributed by atoms with Crippen LogP contribution in [0.1, 0.15) is 46.5 Å². The predicted octanol–water partition coefficient (Wildman–Crippen LogP) is 1.84. The summed E-state index contributed by atoms with van der Waals surface area (Å²) in [5.74, 6) is 1.94. The average Bonchev–Trinajstić information content (AvgIpc) is 2.44. The number of nitrogens with zero attached hydrogens (tertiary/aromatic N) is 1. The summed E-state index contributed by atoms with van der Waals surface area (Å²) < 4.78 is 0. The van der Waals surface area contributed by atoms with Crippen molar-refractivity contribution in [1.29, 1.82) is 0 Å². The molecule has 1 saturated heterocycles. The first-order valence-corrected chi connectivity index (χ1v) is 8.12. The summed E-state index contributed by atoms with van der Waals surface area (Å²) in [4.78, 5) is 14.1. The van der Waals surface area contributed by atoms with Gasteiger partial charge in [0.25, 0.3) is 0 Å². The highest BCUT2D eigenvalue weighted by Crippen LogP contribution is 2.24. The van der Waals surface area contributed by atoms with E-state index in [1.165, 1.54) is 12.8 Å². The molecule has 2 unspecified atom stereocenters. The van der Waals surface area contributed by atoms with Crippen LogP contribution in [-0.2, 0) is 4.79 Å². The van der Waals surface area contributed by atoms with Gasteiger partial charge in [-0.1, -0.05) is 20.8 Å². The van der Waals surface area contributed by atoms with Crippen molar-refractivity contribution >= 4 is 5.91 Å². The summed E-state index contributed by atoms with van der Waals surface area (Å²) in [5.41, 5.74) is 6.04. The molecule has 0 aromatic carbocycles. The van der Waals surface area contributed by atoms with E-state index in [1.807, 2.05) is 11.9 Å². The van der Waals surface area contributed by atoms with Gasteiger partial charge >= 0.3 is 0 Å². The highest BCUT2D eigenvalue weighted by molar-refractivity contribution is 5.76. The number of piperidine rings is 1. The molecule has 4 nitrogen and oxygen atoms in total. The molecule has 1 aliphatic rings. The molecule has 20 heavy (non-hydrogen) atoms. The van der Waals surface area contributed by atoms with E-state index in [4.69, 9.17) is 5.73 Å². The number of carbonyl (C=O) groups excluding carboxylic acids is 1. The second-order valence-corrected chi connectivity index (χ2v) is 6.78. The number of rotatable bonds is 7. The summed E-state index contributed by atoms with van der Waals surface area (Å²) in [6, 6.07) is 0.187. The quantitative estimate of drug-likeness (QED) is 0.749. The third-order valence-electron chi connectivity index (χ3n) is 4.77. The van der Waals surface area contributed by atoms with E-state index in [0.29, 0.717) is 24.2 Å². The Balaban J connectivity index is 2.29. The first kappa shape index (κ1) is 17.4. The first-order chi connectivity index (χ1) is 9.41. The molecule has 0 aromatic heterocycles. The Morgan fingerprint density at radius 3 is 2.45 bits per heavy atom. The van der Waals surface area contributed by atoms with E-state index in [-0.39, 0.29) is 11.9 Å². The van der Waals surface area contributed by atoms with E-state index in [2.05, 4.69) is 26.1 Å². The van der Waals surface area contributed by atoms with Gasteiger partial charge in [0.2, 0.25) is 5.91 Å². The minimum atomic E-state index is 0.187. The number of amides is 1. The van der Waals surface area contributed by atoms with Crippen LogP contribution in [0.25, 0.3) is 0 Å². The predicted molar refractivity (Wildman–Crippen MR) is 84.4 cm³/mol. The minimum Gasteiger partial charge on any atom is -0.346 e. The molecule has 0 aromatic rings. The molecule has 0 saturated carbocycles. The molecule has 1 aliphatic heterocycles. The maximum atomic E-state index is 12.2. The van der Waals surface area contributed by atoms with E-state index in [9.17, 15) is 4.79 Å². The van der Waals surface area contributed by atoms with Gasteiger partial charge in [-0.05, 0) is 50.1 Å².